The smallest absolute Gasteiger partial charge is 0.272 e. The van der Waals surface area contributed by atoms with Crippen LogP contribution in [0.5, 0.6) is 0 Å². The van der Waals surface area contributed by atoms with Gasteiger partial charge in [-0.15, -0.1) is 0 Å². The first-order chi connectivity index (χ1) is 14.0. The molecule has 0 bridgehead atoms. The topological polar surface area (TPSA) is 61.8 Å². The largest absolute Gasteiger partial charge is 0.322 e. The van der Waals surface area contributed by atoms with Crippen molar-refractivity contribution in [1.82, 2.24) is 5.32 Å². The summed E-state index contributed by atoms with van der Waals surface area (Å²) < 4.78 is 0.945. The predicted octanol–water partition coefficient (Wildman–Crippen LogP) is 3.86. The first-order valence-electron chi connectivity index (χ1n) is 9.11. The SMILES string of the molecule is CN1C(=O)C(NC(=O)c2cccc(I)c2)N=C(c2ccccc2)c2ccccc21. The van der Waals surface area contributed by atoms with Gasteiger partial charge in [-0.25, -0.2) is 4.99 Å². The van der Waals surface area contributed by atoms with E-state index in [4.69, 9.17) is 4.99 Å². The second kappa shape index (κ2) is 8.16. The Morgan fingerprint density at radius 1 is 1.00 bits per heavy atom. The van der Waals surface area contributed by atoms with Gasteiger partial charge in [0.1, 0.15) is 0 Å². The number of fused-ring (bicyclic) bond motifs is 1. The maximum Gasteiger partial charge on any atom is 0.272 e. The number of benzene rings is 3. The van der Waals surface area contributed by atoms with E-state index in [2.05, 4.69) is 27.9 Å². The van der Waals surface area contributed by atoms with Crippen LogP contribution in [-0.2, 0) is 4.79 Å². The fraction of sp³-hybridized carbons (Fsp3) is 0.0870. The van der Waals surface area contributed by atoms with Gasteiger partial charge in [-0.05, 0) is 46.9 Å². The third-order valence-corrected chi connectivity index (χ3v) is 5.42. The van der Waals surface area contributed by atoms with E-state index in [1.807, 2.05) is 66.7 Å². The normalized spacial score (nSPS) is 15.9. The predicted molar refractivity (Wildman–Crippen MR) is 122 cm³/mol. The molecule has 6 heteroatoms. The Bertz CT molecular complexity index is 1110. The molecule has 29 heavy (non-hydrogen) atoms. The van der Waals surface area contributed by atoms with E-state index < -0.39 is 6.17 Å². The Labute approximate surface area is 182 Å². The third kappa shape index (κ3) is 3.93. The average Bonchev–Trinajstić information content (AvgIpc) is 2.85. The summed E-state index contributed by atoms with van der Waals surface area (Å²) in [6.07, 6.45) is -1.02. The van der Waals surface area contributed by atoms with Crippen molar-refractivity contribution in [3.63, 3.8) is 0 Å². The number of anilines is 1. The van der Waals surface area contributed by atoms with E-state index >= 15 is 0 Å². The highest BCUT2D eigenvalue weighted by molar-refractivity contribution is 14.1. The quantitative estimate of drug-likeness (QED) is 0.562. The number of amides is 2. The maximum absolute atomic E-state index is 13.1. The van der Waals surface area contributed by atoms with Crippen molar-refractivity contribution < 1.29 is 9.59 Å². The van der Waals surface area contributed by atoms with Crippen LogP contribution in [-0.4, -0.2) is 30.7 Å². The number of rotatable bonds is 3. The van der Waals surface area contributed by atoms with Crippen LogP contribution in [0.2, 0.25) is 0 Å². The van der Waals surface area contributed by atoms with Gasteiger partial charge in [0.15, 0.2) is 0 Å². The lowest BCUT2D eigenvalue weighted by Crippen LogP contribution is -2.46. The fourth-order valence-electron chi connectivity index (χ4n) is 3.28. The molecule has 0 aliphatic carbocycles. The van der Waals surface area contributed by atoms with Gasteiger partial charge in [-0.2, -0.15) is 0 Å². The zero-order valence-corrected chi connectivity index (χ0v) is 17.8. The number of benzodiazepines with no additional fused rings is 1. The summed E-state index contributed by atoms with van der Waals surface area (Å²) in [6.45, 7) is 0. The monoisotopic (exact) mass is 495 g/mol. The first kappa shape index (κ1) is 19.3. The summed E-state index contributed by atoms with van der Waals surface area (Å²) in [7, 11) is 1.70. The highest BCUT2D eigenvalue weighted by atomic mass is 127. The molecular weight excluding hydrogens is 477 g/mol. The summed E-state index contributed by atoms with van der Waals surface area (Å²) in [4.78, 5) is 32.2. The Hall–Kier alpha value is -3.00. The minimum Gasteiger partial charge on any atom is -0.322 e. The molecule has 0 saturated carbocycles. The molecule has 3 aromatic carbocycles. The molecule has 4 rings (SSSR count). The number of nitrogens with zero attached hydrogens (tertiary/aromatic N) is 2. The minimum absolute atomic E-state index is 0.289. The summed E-state index contributed by atoms with van der Waals surface area (Å²) >= 11 is 2.15. The molecule has 0 aromatic heterocycles. The maximum atomic E-state index is 13.1. The van der Waals surface area contributed by atoms with Crippen molar-refractivity contribution in [3.8, 4) is 0 Å². The summed E-state index contributed by atoms with van der Waals surface area (Å²) in [5.41, 5.74) is 3.65. The van der Waals surface area contributed by atoms with E-state index in [0.29, 0.717) is 11.3 Å². The second-order valence-electron chi connectivity index (χ2n) is 6.64. The van der Waals surface area contributed by atoms with Crippen LogP contribution in [0.4, 0.5) is 5.69 Å². The molecule has 0 spiro atoms. The van der Waals surface area contributed by atoms with Gasteiger partial charge in [0.2, 0.25) is 6.17 Å². The van der Waals surface area contributed by atoms with E-state index in [-0.39, 0.29) is 11.8 Å². The second-order valence-corrected chi connectivity index (χ2v) is 7.89. The molecule has 0 saturated heterocycles. The number of aliphatic imine (C=N–C) groups is 1. The van der Waals surface area contributed by atoms with Crippen LogP contribution in [0.25, 0.3) is 0 Å². The number of para-hydroxylation sites is 1. The van der Waals surface area contributed by atoms with Crippen LogP contribution in [0.1, 0.15) is 21.5 Å². The Balaban J connectivity index is 1.78. The van der Waals surface area contributed by atoms with Gasteiger partial charge in [0, 0.05) is 27.3 Å². The number of hydrogen-bond donors (Lipinski definition) is 1. The Morgan fingerprint density at radius 2 is 1.72 bits per heavy atom. The van der Waals surface area contributed by atoms with Crippen molar-refractivity contribution >= 4 is 45.8 Å². The first-order valence-corrected chi connectivity index (χ1v) is 10.2. The van der Waals surface area contributed by atoms with Crippen molar-refractivity contribution in [2.45, 2.75) is 6.17 Å². The molecular formula is C23H18IN3O2. The molecule has 1 N–H and O–H groups in total. The van der Waals surface area contributed by atoms with Crippen LogP contribution in [0.3, 0.4) is 0 Å². The van der Waals surface area contributed by atoms with E-state index in [0.717, 1.165) is 20.4 Å². The van der Waals surface area contributed by atoms with Gasteiger partial charge in [0.25, 0.3) is 11.8 Å². The molecule has 2 amide bonds. The lowest BCUT2D eigenvalue weighted by Gasteiger charge is -2.20. The van der Waals surface area contributed by atoms with E-state index in [1.165, 1.54) is 0 Å². The molecule has 1 heterocycles. The van der Waals surface area contributed by atoms with Crippen molar-refractivity contribution in [2.24, 2.45) is 4.99 Å². The zero-order chi connectivity index (χ0) is 20.4. The minimum atomic E-state index is -1.02. The fourth-order valence-corrected chi connectivity index (χ4v) is 3.82. The Kier molecular flexibility index (Phi) is 5.44. The van der Waals surface area contributed by atoms with E-state index in [1.54, 1.807) is 24.1 Å². The molecule has 5 nitrogen and oxygen atoms in total. The zero-order valence-electron chi connectivity index (χ0n) is 15.7. The van der Waals surface area contributed by atoms with Gasteiger partial charge < -0.3 is 10.2 Å². The molecule has 3 aromatic rings. The van der Waals surface area contributed by atoms with Crippen LogP contribution in [0, 0.1) is 3.57 Å². The van der Waals surface area contributed by atoms with Crippen LogP contribution in [0.15, 0.2) is 83.9 Å². The van der Waals surface area contributed by atoms with Gasteiger partial charge in [0.05, 0.1) is 11.4 Å². The molecule has 1 aliphatic heterocycles. The number of hydrogen-bond acceptors (Lipinski definition) is 3. The molecule has 1 unspecified atom stereocenters. The van der Waals surface area contributed by atoms with E-state index in [9.17, 15) is 9.59 Å². The van der Waals surface area contributed by atoms with Gasteiger partial charge in [-0.3, -0.25) is 9.59 Å². The average molecular weight is 495 g/mol. The van der Waals surface area contributed by atoms with Crippen LogP contribution >= 0.6 is 22.6 Å². The van der Waals surface area contributed by atoms with Crippen molar-refractivity contribution in [1.29, 1.82) is 0 Å². The third-order valence-electron chi connectivity index (χ3n) is 4.75. The molecule has 0 radical (unpaired) electrons. The number of nitrogens with one attached hydrogen (secondary N) is 1. The molecule has 144 valence electrons. The summed E-state index contributed by atoms with van der Waals surface area (Å²) in [5, 5.41) is 2.80. The van der Waals surface area contributed by atoms with Crippen molar-refractivity contribution in [3.05, 3.63) is 99.1 Å². The van der Waals surface area contributed by atoms with Crippen molar-refractivity contribution in [2.75, 3.05) is 11.9 Å². The summed E-state index contributed by atoms with van der Waals surface area (Å²) in [6, 6.07) is 24.5. The van der Waals surface area contributed by atoms with Gasteiger partial charge >= 0.3 is 0 Å². The number of halogens is 1. The Morgan fingerprint density at radius 3 is 2.48 bits per heavy atom. The van der Waals surface area contributed by atoms with Crippen LogP contribution < -0.4 is 10.2 Å². The highest BCUT2D eigenvalue weighted by Crippen LogP contribution is 2.27. The summed E-state index contributed by atoms with van der Waals surface area (Å²) in [5.74, 6) is -0.625. The lowest BCUT2D eigenvalue weighted by molar-refractivity contribution is -0.119. The molecule has 1 atom stereocenters. The number of carbonyl (C=O) groups is 2. The standard InChI is InChI=1S/C23H18IN3O2/c1-27-19-13-6-5-12-18(19)20(15-8-3-2-4-9-15)25-21(23(27)29)26-22(28)16-10-7-11-17(24)14-16/h2-14,21H,1H3,(H,26,28). The highest BCUT2D eigenvalue weighted by Gasteiger charge is 2.31. The molecule has 0 fully saturated rings. The lowest BCUT2D eigenvalue weighted by atomic mass is 10.0. The number of carbonyl (C=O) groups excluding carboxylic acids is 2. The molecule has 1 aliphatic rings. The van der Waals surface area contributed by atoms with Gasteiger partial charge in [-0.1, -0.05) is 54.6 Å². The number of likely N-dealkylation sites (N-methyl/N-ethyl adjacent to an activating group) is 1.